The van der Waals surface area contributed by atoms with Gasteiger partial charge in [-0.2, -0.15) is 0 Å². The van der Waals surface area contributed by atoms with Gasteiger partial charge in [-0.1, -0.05) is 36.4 Å². The van der Waals surface area contributed by atoms with Gasteiger partial charge in [0.2, 0.25) is 0 Å². The summed E-state index contributed by atoms with van der Waals surface area (Å²) >= 11 is 0. The Morgan fingerprint density at radius 2 is 0.745 bits per heavy atom. The summed E-state index contributed by atoms with van der Waals surface area (Å²) < 4.78 is 6.71. The molecule has 0 spiro atoms. The number of benzene rings is 6. The predicted molar refractivity (Wildman–Crippen MR) is 186 cm³/mol. The van der Waals surface area contributed by atoms with Crippen LogP contribution in [0.3, 0.4) is 0 Å². The fraction of sp³-hybridized carbons (Fsp3) is 0.143. The van der Waals surface area contributed by atoms with E-state index < -0.39 is 35.7 Å². The van der Waals surface area contributed by atoms with Gasteiger partial charge >= 0.3 is 0 Å². The first-order valence-electron chi connectivity index (χ1n) is 16.6. The number of phenols is 8. The van der Waals surface area contributed by atoms with Gasteiger partial charge in [-0.3, -0.25) is 0 Å². The zero-order valence-corrected chi connectivity index (χ0v) is 26.8. The molecule has 0 amide bonds. The Hall–Kier alpha value is -6.48. The van der Waals surface area contributed by atoms with Crippen LogP contribution in [0.5, 0.6) is 51.7 Å². The van der Waals surface area contributed by atoms with Crippen LogP contribution in [0.2, 0.25) is 0 Å². The molecule has 0 bridgehead atoms. The fourth-order valence-corrected chi connectivity index (χ4v) is 9.07. The summed E-state index contributed by atoms with van der Waals surface area (Å²) in [7, 11) is 0. The zero-order chi connectivity index (χ0) is 35.3. The molecule has 8 N–H and O–H groups in total. The molecule has 6 aromatic rings. The number of fused-ring (bicyclic) bond motifs is 6. The van der Waals surface area contributed by atoms with Crippen molar-refractivity contribution in [3.05, 3.63) is 159 Å². The minimum absolute atomic E-state index is 0.0388. The Morgan fingerprint density at radius 1 is 0.353 bits per heavy atom. The predicted octanol–water partition coefficient (Wildman–Crippen LogP) is 7.76. The third-order valence-corrected chi connectivity index (χ3v) is 10.9. The van der Waals surface area contributed by atoms with Crippen LogP contribution < -0.4 is 4.74 Å². The molecule has 2 aliphatic carbocycles. The third kappa shape index (κ3) is 4.61. The van der Waals surface area contributed by atoms with Crippen LogP contribution in [0.4, 0.5) is 0 Å². The van der Waals surface area contributed by atoms with Crippen molar-refractivity contribution in [2.75, 3.05) is 0 Å². The maximum Gasteiger partial charge on any atom is 0.135 e. The molecule has 6 unspecified atom stereocenters. The Labute approximate surface area is 291 Å². The van der Waals surface area contributed by atoms with E-state index in [1.807, 2.05) is 0 Å². The summed E-state index contributed by atoms with van der Waals surface area (Å²) in [5.74, 6) is -3.24. The van der Waals surface area contributed by atoms with E-state index in [9.17, 15) is 40.9 Å². The monoisotopic (exact) mass is 680 g/mol. The number of hydrogen-bond donors (Lipinski definition) is 8. The molecular formula is C42H32O9. The second-order valence-corrected chi connectivity index (χ2v) is 13.7. The SMILES string of the molecule is Oc1ccc(C2Oc3cc(O)cc4c3C2c2cc(O)cc(O)c2C(c2ccc(O)cc2)C2c3cc(O)cc(O)c3C(c3ccc(O)cc3)C42)cc1. The number of rotatable bonds is 3. The second-order valence-electron chi connectivity index (χ2n) is 13.7. The average Bonchev–Trinajstić information content (AvgIpc) is 3.62. The lowest BCUT2D eigenvalue weighted by molar-refractivity contribution is 0.220. The van der Waals surface area contributed by atoms with Crippen molar-refractivity contribution in [1.82, 2.24) is 0 Å². The highest BCUT2D eigenvalue weighted by Crippen LogP contribution is 2.69. The van der Waals surface area contributed by atoms with Gasteiger partial charge < -0.3 is 45.6 Å². The summed E-state index contributed by atoms with van der Waals surface area (Å²) in [4.78, 5) is 0. The van der Waals surface area contributed by atoms with Crippen LogP contribution in [-0.4, -0.2) is 40.9 Å². The van der Waals surface area contributed by atoms with Crippen LogP contribution in [0.25, 0.3) is 0 Å². The highest BCUT2D eigenvalue weighted by atomic mass is 16.5. The van der Waals surface area contributed by atoms with E-state index in [4.69, 9.17) is 4.74 Å². The first-order chi connectivity index (χ1) is 24.6. The Bertz CT molecular complexity index is 2350. The first kappa shape index (κ1) is 30.6. The van der Waals surface area contributed by atoms with E-state index in [1.54, 1.807) is 97.1 Å². The zero-order valence-electron chi connectivity index (χ0n) is 26.8. The highest BCUT2D eigenvalue weighted by molar-refractivity contribution is 5.69. The molecule has 1 heterocycles. The van der Waals surface area contributed by atoms with Crippen molar-refractivity contribution in [1.29, 1.82) is 0 Å². The molecule has 3 aliphatic rings. The highest BCUT2D eigenvalue weighted by Gasteiger charge is 2.54. The molecule has 51 heavy (non-hydrogen) atoms. The summed E-state index contributed by atoms with van der Waals surface area (Å²) in [6, 6.07) is 29.0. The molecule has 6 aromatic carbocycles. The molecule has 0 saturated heterocycles. The second kappa shape index (κ2) is 11.0. The summed E-state index contributed by atoms with van der Waals surface area (Å²) in [6.07, 6.45) is -0.716. The van der Waals surface area contributed by atoms with Gasteiger partial charge in [-0.25, -0.2) is 0 Å². The lowest BCUT2D eigenvalue weighted by atomic mass is 9.63. The van der Waals surface area contributed by atoms with E-state index in [0.717, 1.165) is 11.1 Å². The van der Waals surface area contributed by atoms with Gasteiger partial charge in [0, 0.05) is 58.6 Å². The van der Waals surface area contributed by atoms with Crippen LogP contribution >= 0.6 is 0 Å². The standard InChI is InChI=1S/C42H32O9/c43-22-7-1-19(2-8-22)34-36-28(13-25(46)16-31(36)49)39-35(20-3-9-23(44)10-4-20)37-29(14-26(47)17-32(37)50)41-38-30(40(34)39)15-27(48)18-33(38)51-42(41)21-5-11-24(45)12-6-21/h1-18,34-35,39-50H. The fourth-order valence-electron chi connectivity index (χ4n) is 9.07. The normalized spacial score (nSPS) is 22.5. The molecule has 9 nitrogen and oxygen atoms in total. The van der Waals surface area contributed by atoms with E-state index in [0.29, 0.717) is 44.7 Å². The topological polar surface area (TPSA) is 171 Å². The first-order valence-corrected chi connectivity index (χ1v) is 16.6. The van der Waals surface area contributed by atoms with Gasteiger partial charge in [0.25, 0.3) is 0 Å². The molecule has 0 fully saturated rings. The Balaban J connectivity index is 1.44. The molecule has 254 valence electrons. The summed E-state index contributed by atoms with van der Waals surface area (Å²) in [5.41, 5.74) is 5.78. The molecule has 0 radical (unpaired) electrons. The molecule has 6 atom stereocenters. The van der Waals surface area contributed by atoms with E-state index >= 15 is 0 Å². The number of aromatic hydroxyl groups is 8. The molecule has 0 aromatic heterocycles. The minimum Gasteiger partial charge on any atom is -0.508 e. The molecule has 9 heteroatoms. The minimum atomic E-state index is -0.716. The lowest BCUT2D eigenvalue weighted by Crippen LogP contribution is -2.26. The van der Waals surface area contributed by atoms with Gasteiger partial charge in [0.1, 0.15) is 57.8 Å². The lowest BCUT2D eigenvalue weighted by Gasteiger charge is -2.39. The number of hydrogen-bond acceptors (Lipinski definition) is 9. The number of ether oxygens (including phenoxy) is 1. The van der Waals surface area contributed by atoms with Gasteiger partial charge in [-0.05, 0) is 88.0 Å². The van der Waals surface area contributed by atoms with Crippen LogP contribution in [0.15, 0.2) is 109 Å². The molecule has 9 rings (SSSR count). The summed E-state index contributed by atoms with van der Waals surface area (Å²) in [6.45, 7) is 0. The Kier molecular flexibility index (Phi) is 6.60. The van der Waals surface area contributed by atoms with Crippen molar-refractivity contribution in [2.45, 2.75) is 35.7 Å². The Morgan fingerprint density at radius 3 is 1.24 bits per heavy atom. The summed E-state index contributed by atoms with van der Waals surface area (Å²) in [5, 5.41) is 87.9. The average molecular weight is 681 g/mol. The van der Waals surface area contributed by atoms with Gasteiger partial charge in [0.15, 0.2) is 0 Å². The largest absolute Gasteiger partial charge is 0.508 e. The number of phenolic OH excluding ortho intramolecular Hbond substituents is 8. The third-order valence-electron chi connectivity index (χ3n) is 10.9. The maximum atomic E-state index is 12.0. The van der Waals surface area contributed by atoms with Crippen LogP contribution in [-0.2, 0) is 0 Å². The van der Waals surface area contributed by atoms with Crippen LogP contribution in [0.1, 0.15) is 85.8 Å². The van der Waals surface area contributed by atoms with E-state index in [2.05, 4.69) is 0 Å². The van der Waals surface area contributed by atoms with E-state index in [-0.39, 0.29) is 46.0 Å². The smallest absolute Gasteiger partial charge is 0.135 e. The van der Waals surface area contributed by atoms with Crippen LogP contribution in [0, 0.1) is 0 Å². The molecule has 1 aliphatic heterocycles. The molecule has 0 saturated carbocycles. The van der Waals surface area contributed by atoms with E-state index in [1.165, 1.54) is 12.1 Å². The van der Waals surface area contributed by atoms with Crippen molar-refractivity contribution in [3.8, 4) is 51.7 Å². The molecular weight excluding hydrogens is 648 g/mol. The van der Waals surface area contributed by atoms with Crippen molar-refractivity contribution < 1.29 is 45.6 Å². The quantitative estimate of drug-likeness (QED) is 0.0931. The van der Waals surface area contributed by atoms with Crippen molar-refractivity contribution >= 4 is 0 Å². The maximum absolute atomic E-state index is 12.0. The van der Waals surface area contributed by atoms with Gasteiger partial charge in [-0.15, -0.1) is 0 Å². The van der Waals surface area contributed by atoms with Crippen molar-refractivity contribution in [2.24, 2.45) is 0 Å². The van der Waals surface area contributed by atoms with Gasteiger partial charge in [0.05, 0.1) is 5.92 Å². The van der Waals surface area contributed by atoms with Crippen molar-refractivity contribution in [3.63, 3.8) is 0 Å².